The largest absolute Gasteiger partial charge is 0.508 e. The third-order valence-electron chi connectivity index (χ3n) is 8.01. The molecule has 5 rings (SSSR count). The van der Waals surface area contributed by atoms with Crippen LogP contribution in [-0.2, 0) is 6.42 Å². The van der Waals surface area contributed by atoms with Gasteiger partial charge in [-0.1, -0.05) is 36.4 Å². The van der Waals surface area contributed by atoms with Gasteiger partial charge in [-0.25, -0.2) is 0 Å². The van der Waals surface area contributed by atoms with Gasteiger partial charge in [0.25, 0.3) is 0 Å². The van der Waals surface area contributed by atoms with Crippen molar-refractivity contribution in [1.29, 1.82) is 5.26 Å². The van der Waals surface area contributed by atoms with Gasteiger partial charge in [0.05, 0.1) is 18.6 Å². The minimum Gasteiger partial charge on any atom is -0.508 e. The lowest BCUT2D eigenvalue weighted by atomic mass is 9.54. The number of fused-ring (bicyclic) bond motifs is 5. The summed E-state index contributed by atoms with van der Waals surface area (Å²) in [6.45, 7) is 0. The van der Waals surface area contributed by atoms with Crippen LogP contribution in [-0.4, -0.2) is 27.0 Å². The molecule has 3 N–H and O–H groups in total. The molecule has 4 heteroatoms. The van der Waals surface area contributed by atoms with Crippen LogP contribution >= 0.6 is 0 Å². The van der Waals surface area contributed by atoms with Gasteiger partial charge in [0, 0.05) is 0 Å². The van der Waals surface area contributed by atoms with Crippen LogP contribution in [0, 0.1) is 29.1 Å². The molecule has 0 bridgehead atoms. The van der Waals surface area contributed by atoms with Gasteiger partial charge in [-0.05, 0) is 84.1 Å². The van der Waals surface area contributed by atoms with E-state index in [1.165, 1.54) is 16.7 Å². The quantitative estimate of drug-likeness (QED) is 0.728. The van der Waals surface area contributed by atoms with E-state index < -0.39 is 11.7 Å². The van der Waals surface area contributed by atoms with Gasteiger partial charge in [-0.3, -0.25) is 0 Å². The van der Waals surface area contributed by atoms with Crippen molar-refractivity contribution in [3.05, 3.63) is 65.2 Å². The number of nitriles is 1. The van der Waals surface area contributed by atoms with Crippen LogP contribution in [0.2, 0.25) is 0 Å². The Bertz CT molecular complexity index is 952. The molecule has 2 saturated carbocycles. The Labute approximate surface area is 171 Å². The summed E-state index contributed by atoms with van der Waals surface area (Å²) in [5.41, 5.74) is 2.46. The topological polar surface area (TPSA) is 84.5 Å². The second kappa shape index (κ2) is 6.86. The van der Waals surface area contributed by atoms with Gasteiger partial charge in [0.15, 0.2) is 0 Å². The van der Waals surface area contributed by atoms with Gasteiger partial charge in [0.1, 0.15) is 11.4 Å². The first-order valence-corrected chi connectivity index (χ1v) is 10.7. The van der Waals surface area contributed by atoms with Gasteiger partial charge in [-0.2, -0.15) is 5.26 Å². The van der Waals surface area contributed by atoms with E-state index in [1.54, 1.807) is 6.07 Å². The molecule has 0 heterocycles. The van der Waals surface area contributed by atoms with Crippen molar-refractivity contribution in [3.63, 3.8) is 0 Å². The number of aryl methyl sites for hydroxylation is 1. The number of phenols is 1. The summed E-state index contributed by atoms with van der Waals surface area (Å²) in [7, 11) is 0. The van der Waals surface area contributed by atoms with E-state index in [4.69, 9.17) is 0 Å². The number of rotatable bonds is 2. The highest BCUT2D eigenvalue weighted by atomic mass is 16.3. The Morgan fingerprint density at radius 3 is 2.62 bits per heavy atom. The number of phenolic OH excluding ortho intramolecular Hbond substituents is 1. The predicted octanol–water partition coefficient (Wildman–Crippen LogP) is 3.87. The Morgan fingerprint density at radius 2 is 1.86 bits per heavy atom. The zero-order valence-electron chi connectivity index (χ0n) is 16.4. The summed E-state index contributed by atoms with van der Waals surface area (Å²) >= 11 is 0. The van der Waals surface area contributed by atoms with Crippen LogP contribution in [0.15, 0.2) is 48.5 Å². The van der Waals surface area contributed by atoms with Crippen molar-refractivity contribution >= 4 is 0 Å². The van der Waals surface area contributed by atoms with Gasteiger partial charge < -0.3 is 15.3 Å². The number of hydrogen-bond acceptors (Lipinski definition) is 4. The molecule has 0 spiro atoms. The monoisotopic (exact) mass is 389 g/mol. The normalized spacial score (nSPS) is 37.8. The van der Waals surface area contributed by atoms with E-state index in [9.17, 15) is 20.6 Å². The molecule has 0 saturated heterocycles. The Balaban J connectivity index is 1.63. The fraction of sp³-hybridized carbons (Fsp3) is 0.480. The van der Waals surface area contributed by atoms with E-state index in [2.05, 4.69) is 36.4 Å². The predicted molar refractivity (Wildman–Crippen MR) is 109 cm³/mol. The molecule has 0 aliphatic heterocycles. The third-order valence-corrected chi connectivity index (χ3v) is 8.01. The Morgan fingerprint density at radius 1 is 1.07 bits per heavy atom. The molecule has 2 fully saturated rings. The molecule has 7 atom stereocenters. The first-order chi connectivity index (χ1) is 14.0. The lowest BCUT2D eigenvalue weighted by Crippen LogP contribution is -2.48. The molecule has 3 aliphatic rings. The fourth-order valence-electron chi connectivity index (χ4n) is 6.80. The summed E-state index contributed by atoms with van der Waals surface area (Å²) < 4.78 is 0. The van der Waals surface area contributed by atoms with Gasteiger partial charge in [-0.15, -0.1) is 0 Å². The summed E-state index contributed by atoms with van der Waals surface area (Å²) in [6, 6.07) is 18.3. The lowest BCUT2D eigenvalue weighted by Gasteiger charge is -2.50. The van der Waals surface area contributed by atoms with Gasteiger partial charge >= 0.3 is 0 Å². The molecular weight excluding hydrogens is 362 g/mol. The Kier molecular flexibility index (Phi) is 4.42. The summed E-state index contributed by atoms with van der Waals surface area (Å²) in [6.07, 6.45) is 2.38. The first kappa shape index (κ1) is 18.7. The standard InChI is InChI=1S/C25H27NO3/c26-11-10-25(29)22-13-20(15-4-2-1-3-5-15)24-18-9-7-17(27)12-16(18)6-8-19(24)21(22)14-23(25)28/h1-5,7,9,12,19-24,27-29H,6,8,10,13-14H2. The van der Waals surface area contributed by atoms with Gasteiger partial charge in [0.2, 0.25) is 0 Å². The molecule has 2 aromatic carbocycles. The zero-order valence-corrected chi connectivity index (χ0v) is 16.4. The van der Waals surface area contributed by atoms with Crippen molar-refractivity contribution in [2.24, 2.45) is 17.8 Å². The number of hydrogen-bond donors (Lipinski definition) is 3. The van der Waals surface area contributed by atoms with Crippen LogP contribution in [0.5, 0.6) is 5.75 Å². The average molecular weight is 389 g/mol. The highest BCUT2D eigenvalue weighted by Gasteiger charge is 2.60. The average Bonchev–Trinajstić information content (AvgIpc) is 2.98. The van der Waals surface area contributed by atoms with Crippen molar-refractivity contribution in [2.75, 3.05) is 0 Å². The molecular formula is C25H27NO3. The first-order valence-electron chi connectivity index (χ1n) is 10.7. The highest BCUT2D eigenvalue weighted by Crippen LogP contribution is 2.62. The number of nitrogens with zero attached hydrogens (tertiary/aromatic N) is 1. The summed E-state index contributed by atoms with van der Waals surface area (Å²) in [5, 5.41) is 41.4. The molecule has 0 amide bonds. The van der Waals surface area contributed by atoms with E-state index >= 15 is 0 Å². The maximum Gasteiger partial charge on any atom is 0.115 e. The molecule has 150 valence electrons. The molecule has 2 aromatic rings. The number of aromatic hydroxyl groups is 1. The molecule has 3 aliphatic carbocycles. The van der Waals surface area contributed by atoms with Crippen LogP contribution in [0.4, 0.5) is 0 Å². The van der Waals surface area contributed by atoms with E-state index in [1.807, 2.05) is 12.1 Å². The van der Waals surface area contributed by atoms with E-state index in [-0.39, 0.29) is 24.2 Å². The SMILES string of the molecule is N#CCC1(O)C(O)CC2C3CCc4cc(O)ccc4C3C(c3ccccc3)CC21. The molecule has 0 radical (unpaired) electrons. The molecule has 7 unspecified atom stereocenters. The van der Waals surface area contributed by atoms with Crippen LogP contribution in [0.1, 0.15) is 54.2 Å². The minimum atomic E-state index is -1.31. The van der Waals surface area contributed by atoms with Crippen molar-refractivity contribution in [1.82, 2.24) is 0 Å². The maximum absolute atomic E-state index is 11.3. The summed E-state index contributed by atoms with van der Waals surface area (Å²) in [5.74, 6) is 1.35. The number of aliphatic hydroxyl groups excluding tert-OH is 1. The highest BCUT2D eigenvalue weighted by molar-refractivity contribution is 5.43. The number of aliphatic hydroxyl groups is 2. The van der Waals surface area contributed by atoms with Crippen molar-refractivity contribution in [3.8, 4) is 11.8 Å². The van der Waals surface area contributed by atoms with Crippen LogP contribution < -0.4 is 0 Å². The van der Waals surface area contributed by atoms with Crippen LogP contribution in [0.25, 0.3) is 0 Å². The second-order valence-electron chi connectivity index (χ2n) is 9.21. The molecule has 0 aromatic heterocycles. The zero-order chi connectivity index (χ0) is 20.2. The van der Waals surface area contributed by atoms with Crippen LogP contribution in [0.3, 0.4) is 0 Å². The van der Waals surface area contributed by atoms with Crippen molar-refractivity contribution < 1.29 is 15.3 Å². The molecule has 29 heavy (non-hydrogen) atoms. The fourth-order valence-corrected chi connectivity index (χ4v) is 6.80. The Hall–Kier alpha value is -2.35. The van der Waals surface area contributed by atoms with Crippen molar-refractivity contribution in [2.45, 2.75) is 55.6 Å². The van der Waals surface area contributed by atoms with E-state index in [0.29, 0.717) is 24.0 Å². The third kappa shape index (κ3) is 2.79. The summed E-state index contributed by atoms with van der Waals surface area (Å²) in [4.78, 5) is 0. The van der Waals surface area contributed by atoms with E-state index in [0.717, 1.165) is 19.3 Å². The lowest BCUT2D eigenvalue weighted by molar-refractivity contribution is -0.0919. The number of benzene rings is 2. The molecule has 4 nitrogen and oxygen atoms in total. The minimum absolute atomic E-state index is 0.0152. The maximum atomic E-state index is 11.3. The smallest absolute Gasteiger partial charge is 0.115 e. The second-order valence-corrected chi connectivity index (χ2v) is 9.21.